The first kappa shape index (κ1) is 6.97. The van der Waals surface area contributed by atoms with Gasteiger partial charge in [0.05, 0.1) is 0 Å². The van der Waals surface area contributed by atoms with E-state index in [1.807, 2.05) is 0 Å². The minimum absolute atomic E-state index is 0.102. The van der Waals surface area contributed by atoms with Crippen molar-refractivity contribution in [3.63, 3.8) is 0 Å². The molecule has 0 saturated carbocycles. The number of rotatable bonds is 0. The van der Waals surface area contributed by atoms with Crippen molar-refractivity contribution in [1.29, 1.82) is 0 Å². The third kappa shape index (κ3) is 1.07. The summed E-state index contributed by atoms with van der Waals surface area (Å²) in [7, 11) is 5.82. The Morgan fingerprint density at radius 3 is 2.33 bits per heavy atom. The second kappa shape index (κ2) is 2.23. The maximum absolute atomic E-state index is 10.6. The van der Waals surface area contributed by atoms with Crippen LogP contribution in [-0.4, -0.2) is 18.0 Å². The normalized spacial score (nSPS) is 26.8. The van der Waals surface area contributed by atoms with Crippen LogP contribution in [0.15, 0.2) is 10.1 Å². The first-order valence-corrected chi connectivity index (χ1v) is 3.83. The van der Waals surface area contributed by atoms with E-state index in [9.17, 15) is 9.00 Å². The molecular formula is C3H3BNO2PS. The fourth-order valence-electron chi connectivity index (χ4n) is 0.406. The zero-order chi connectivity index (χ0) is 7.02. The van der Waals surface area contributed by atoms with E-state index in [4.69, 9.17) is 7.85 Å². The average molecular weight is 159 g/mol. The predicted molar refractivity (Wildman–Crippen MR) is 38.8 cm³/mol. The molecule has 1 rings (SSSR count). The smallest absolute Gasteiger partial charge is 0.263 e. The molecule has 1 aliphatic heterocycles. The van der Waals surface area contributed by atoms with Gasteiger partial charge in [0, 0.05) is 5.31 Å². The molecule has 1 aliphatic rings. The third-order valence-corrected chi connectivity index (χ3v) is 2.67. The van der Waals surface area contributed by atoms with Gasteiger partial charge in [-0.05, 0) is 4.80 Å². The largest absolute Gasteiger partial charge is 0.268 e. The van der Waals surface area contributed by atoms with E-state index in [1.54, 1.807) is 0 Å². The van der Waals surface area contributed by atoms with E-state index < -0.39 is 11.0 Å². The minimum atomic E-state index is -1.49. The zero-order valence-electron chi connectivity index (χ0n) is 4.38. The van der Waals surface area contributed by atoms with Crippen LogP contribution in [0.4, 0.5) is 0 Å². The summed E-state index contributed by atoms with van der Waals surface area (Å²) >= 11 is 0. The van der Waals surface area contributed by atoms with Crippen LogP contribution < -0.4 is 4.72 Å². The van der Waals surface area contributed by atoms with Crippen LogP contribution in [-0.2, 0) is 15.8 Å². The summed E-state index contributed by atoms with van der Waals surface area (Å²) in [5.41, 5.74) is 0. The zero-order valence-corrected chi connectivity index (χ0v) is 6.35. The Bertz CT molecular complexity index is 204. The van der Waals surface area contributed by atoms with E-state index in [2.05, 4.69) is 14.0 Å². The molecule has 9 heavy (non-hydrogen) atoms. The van der Waals surface area contributed by atoms with E-state index in [1.165, 1.54) is 0 Å². The summed E-state index contributed by atoms with van der Waals surface area (Å²) in [4.78, 5) is 10.6. The molecule has 0 aromatic heterocycles. The van der Waals surface area contributed by atoms with E-state index in [-0.39, 0.29) is 16.0 Å². The second-order valence-electron chi connectivity index (χ2n) is 1.48. The molecule has 2 radical (unpaired) electrons. The summed E-state index contributed by atoms with van der Waals surface area (Å²) in [6.07, 6.45) is 0. The van der Waals surface area contributed by atoms with Gasteiger partial charge in [0.15, 0.2) is 0 Å². The summed E-state index contributed by atoms with van der Waals surface area (Å²) < 4.78 is 12.7. The predicted octanol–water partition coefficient (Wildman–Crippen LogP) is -1.01. The number of hydrogen-bond donors (Lipinski definition) is 1. The highest BCUT2D eigenvalue weighted by molar-refractivity contribution is 7.90. The Morgan fingerprint density at radius 2 is 2.22 bits per heavy atom. The molecule has 6 heteroatoms. The fraction of sp³-hybridized carbons (Fsp3) is 0. The van der Waals surface area contributed by atoms with Gasteiger partial charge in [0.2, 0.25) is 0 Å². The molecule has 2 unspecified atom stereocenters. The highest BCUT2D eigenvalue weighted by Crippen LogP contribution is 2.17. The highest BCUT2D eigenvalue weighted by atomic mass is 32.2. The van der Waals surface area contributed by atoms with Gasteiger partial charge >= 0.3 is 0 Å². The maximum atomic E-state index is 10.6. The van der Waals surface area contributed by atoms with E-state index >= 15 is 0 Å². The Morgan fingerprint density at radius 1 is 1.67 bits per heavy atom. The Balaban J connectivity index is 3.06. The van der Waals surface area contributed by atoms with Crippen molar-refractivity contribution in [2.24, 2.45) is 0 Å². The standard InChI is InChI=1S/C3H3BNO2PS/c4-2-1(8)3(6)5-9(2)7/h8H2,(H,5,6). The number of carbonyl (C=O) groups is 1. The van der Waals surface area contributed by atoms with Crippen LogP contribution in [0.3, 0.4) is 0 Å². The topological polar surface area (TPSA) is 46.2 Å². The Hall–Kier alpha value is -0.145. The van der Waals surface area contributed by atoms with Crippen molar-refractivity contribution in [2.45, 2.75) is 0 Å². The highest BCUT2D eigenvalue weighted by Gasteiger charge is 2.21. The molecule has 1 heterocycles. The van der Waals surface area contributed by atoms with Crippen LogP contribution in [0.25, 0.3) is 0 Å². The lowest BCUT2D eigenvalue weighted by Gasteiger charge is -1.86. The minimum Gasteiger partial charge on any atom is -0.268 e. The molecule has 0 aromatic carbocycles. The van der Waals surface area contributed by atoms with Crippen molar-refractivity contribution in [2.75, 3.05) is 0 Å². The molecule has 46 valence electrons. The number of hydrogen-bond acceptors (Lipinski definition) is 2. The summed E-state index contributed by atoms with van der Waals surface area (Å²) in [5, 5.41) is 0.272. The molecule has 0 aliphatic carbocycles. The van der Waals surface area contributed by atoms with Gasteiger partial charge in [-0.15, -0.1) is 0 Å². The molecule has 0 bridgehead atoms. The van der Waals surface area contributed by atoms with Crippen molar-refractivity contribution in [1.82, 2.24) is 4.72 Å². The molecular weight excluding hydrogens is 156 g/mol. The van der Waals surface area contributed by atoms with Gasteiger partial charge in [-0.3, -0.25) is 9.52 Å². The maximum Gasteiger partial charge on any atom is 0.263 e. The monoisotopic (exact) mass is 159 g/mol. The van der Waals surface area contributed by atoms with Crippen molar-refractivity contribution >= 4 is 34.0 Å². The lowest BCUT2D eigenvalue weighted by atomic mass is 10.1. The van der Waals surface area contributed by atoms with E-state index in [0.29, 0.717) is 0 Å². The van der Waals surface area contributed by atoms with Crippen molar-refractivity contribution in [3.8, 4) is 0 Å². The molecule has 0 spiro atoms. The number of nitrogens with one attached hydrogen (secondary N) is 1. The van der Waals surface area contributed by atoms with Crippen LogP contribution in [0, 0.1) is 0 Å². The van der Waals surface area contributed by atoms with Gasteiger partial charge in [0.25, 0.3) is 5.91 Å². The van der Waals surface area contributed by atoms with Gasteiger partial charge < -0.3 is 0 Å². The van der Waals surface area contributed by atoms with Gasteiger partial charge in [-0.1, -0.05) is 9.24 Å². The summed E-state index contributed by atoms with van der Waals surface area (Å²) in [6, 6.07) is 0. The lowest BCUT2D eigenvalue weighted by Crippen LogP contribution is -2.17. The average Bonchev–Trinajstić information content (AvgIpc) is 1.98. The number of carbonyl (C=O) groups excluding carboxylic acids is 1. The van der Waals surface area contributed by atoms with Gasteiger partial charge in [-0.25, -0.2) is 4.21 Å². The van der Waals surface area contributed by atoms with Crippen molar-refractivity contribution in [3.05, 3.63) is 10.1 Å². The molecule has 1 N–H and O–H groups in total. The molecule has 3 nitrogen and oxygen atoms in total. The SMILES string of the molecule is [B]C1=C(P)C(=O)NS1=O. The number of amides is 1. The van der Waals surface area contributed by atoms with Gasteiger partial charge in [0.1, 0.15) is 18.8 Å². The molecule has 0 saturated heterocycles. The van der Waals surface area contributed by atoms with Crippen molar-refractivity contribution < 1.29 is 9.00 Å². The van der Waals surface area contributed by atoms with Crippen LogP contribution in [0.1, 0.15) is 0 Å². The summed E-state index contributed by atoms with van der Waals surface area (Å²) in [5.74, 6) is -0.379. The summed E-state index contributed by atoms with van der Waals surface area (Å²) in [6.45, 7) is 0. The van der Waals surface area contributed by atoms with E-state index in [0.717, 1.165) is 0 Å². The third-order valence-electron chi connectivity index (χ3n) is 0.895. The Kier molecular flexibility index (Phi) is 1.73. The molecule has 1 amide bonds. The molecule has 2 atom stereocenters. The Labute approximate surface area is 58.5 Å². The quantitative estimate of drug-likeness (QED) is 0.363. The van der Waals surface area contributed by atoms with Crippen LogP contribution >= 0.6 is 9.24 Å². The van der Waals surface area contributed by atoms with Gasteiger partial charge in [-0.2, -0.15) is 0 Å². The molecule has 0 aromatic rings. The first-order chi connectivity index (χ1) is 4.13. The first-order valence-electron chi connectivity index (χ1n) is 2.11. The molecule has 0 fully saturated rings. The fourth-order valence-corrected chi connectivity index (χ4v) is 1.58. The second-order valence-corrected chi connectivity index (χ2v) is 3.24. The van der Waals surface area contributed by atoms with Crippen LogP contribution in [0.5, 0.6) is 0 Å². The van der Waals surface area contributed by atoms with Crippen LogP contribution in [0.2, 0.25) is 0 Å². The lowest BCUT2D eigenvalue weighted by molar-refractivity contribution is -0.114.